The van der Waals surface area contributed by atoms with Crippen molar-refractivity contribution in [2.75, 3.05) is 4.90 Å². The molecule has 2 amide bonds. The van der Waals surface area contributed by atoms with Crippen LogP contribution in [0.15, 0.2) is 72.8 Å². The van der Waals surface area contributed by atoms with Crippen molar-refractivity contribution in [1.29, 1.82) is 0 Å². The molecule has 28 heavy (non-hydrogen) atoms. The van der Waals surface area contributed by atoms with Gasteiger partial charge in [-0.25, -0.2) is 9.69 Å². The first-order valence-corrected chi connectivity index (χ1v) is 8.85. The number of hydrogen-bond donors (Lipinski definition) is 0. The van der Waals surface area contributed by atoms with E-state index in [1.165, 1.54) is 18.2 Å². The second-order valence-corrected chi connectivity index (χ2v) is 6.60. The van der Waals surface area contributed by atoms with Crippen LogP contribution in [0.2, 0.25) is 0 Å². The van der Waals surface area contributed by atoms with E-state index in [-0.39, 0.29) is 23.3 Å². The molecular weight excluding hydrogens is 354 g/mol. The number of carbonyl (C=O) groups excluding carboxylic acids is 3. The van der Waals surface area contributed by atoms with Crippen molar-refractivity contribution >= 4 is 23.5 Å². The zero-order chi connectivity index (χ0) is 19.7. The topological polar surface area (TPSA) is 63.7 Å². The van der Waals surface area contributed by atoms with E-state index in [4.69, 9.17) is 4.74 Å². The van der Waals surface area contributed by atoms with Gasteiger partial charge in [0, 0.05) is 0 Å². The van der Waals surface area contributed by atoms with E-state index in [1.807, 2.05) is 49.4 Å². The molecule has 0 radical (unpaired) electrons. The zero-order valence-electron chi connectivity index (χ0n) is 15.2. The Morgan fingerprint density at radius 3 is 2.25 bits per heavy atom. The molecule has 0 aromatic heterocycles. The third kappa shape index (κ3) is 3.18. The van der Waals surface area contributed by atoms with Gasteiger partial charge in [-0.15, -0.1) is 0 Å². The fourth-order valence-electron chi connectivity index (χ4n) is 3.10. The van der Waals surface area contributed by atoms with Crippen LogP contribution in [-0.4, -0.2) is 17.8 Å². The van der Waals surface area contributed by atoms with Gasteiger partial charge in [0.05, 0.1) is 22.4 Å². The molecule has 1 aliphatic heterocycles. The summed E-state index contributed by atoms with van der Waals surface area (Å²) in [6.45, 7) is 2.07. The Hall–Kier alpha value is -3.73. The Balaban J connectivity index is 1.56. The van der Waals surface area contributed by atoms with Crippen LogP contribution in [0.5, 0.6) is 0 Å². The van der Waals surface area contributed by atoms with Gasteiger partial charge in [-0.05, 0) is 42.8 Å². The minimum atomic E-state index is -0.541. The van der Waals surface area contributed by atoms with E-state index in [1.54, 1.807) is 12.1 Å². The van der Waals surface area contributed by atoms with Crippen molar-refractivity contribution < 1.29 is 19.1 Å². The van der Waals surface area contributed by atoms with Gasteiger partial charge in [-0.1, -0.05) is 48.0 Å². The number of amides is 2. The van der Waals surface area contributed by atoms with Crippen molar-refractivity contribution in [3.63, 3.8) is 0 Å². The predicted octanol–water partition coefficient (Wildman–Crippen LogP) is 4.15. The normalized spacial score (nSPS) is 12.8. The predicted molar refractivity (Wildman–Crippen MR) is 104 cm³/mol. The van der Waals surface area contributed by atoms with E-state index in [9.17, 15) is 14.4 Å². The fourth-order valence-corrected chi connectivity index (χ4v) is 3.10. The van der Waals surface area contributed by atoms with Gasteiger partial charge in [0.25, 0.3) is 11.8 Å². The molecule has 0 unspecified atom stereocenters. The molecule has 1 heterocycles. The van der Waals surface area contributed by atoms with Crippen molar-refractivity contribution in [3.8, 4) is 0 Å². The molecule has 0 N–H and O–H groups in total. The SMILES string of the molecule is Cc1ccc(N2C(=O)c3ccc(C(=O)OCc4ccccc4)cc3C2=O)cc1. The third-order valence-corrected chi connectivity index (χ3v) is 4.63. The Kier molecular flexibility index (Phi) is 4.49. The lowest BCUT2D eigenvalue weighted by molar-refractivity contribution is 0.0472. The first-order chi connectivity index (χ1) is 13.5. The highest BCUT2D eigenvalue weighted by Gasteiger charge is 2.37. The van der Waals surface area contributed by atoms with Gasteiger partial charge in [0.2, 0.25) is 0 Å². The average Bonchev–Trinajstić information content (AvgIpc) is 2.97. The van der Waals surface area contributed by atoms with Crippen LogP contribution in [0.25, 0.3) is 0 Å². The molecule has 4 rings (SSSR count). The number of benzene rings is 3. The number of esters is 1. The molecule has 0 spiro atoms. The highest BCUT2D eigenvalue weighted by atomic mass is 16.5. The molecule has 0 saturated carbocycles. The number of rotatable bonds is 4. The van der Waals surface area contributed by atoms with Crippen LogP contribution in [0.3, 0.4) is 0 Å². The van der Waals surface area contributed by atoms with Crippen LogP contribution in [0.4, 0.5) is 5.69 Å². The van der Waals surface area contributed by atoms with E-state index >= 15 is 0 Å². The summed E-state index contributed by atoms with van der Waals surface area (Å²) in [7, 11) is 0. The molecule has 0 fully saturated rings. The van der Waals surface area contributed by atoms with Crippen LogP contribution in [0, 0.1) is 6.92 Å². The molecular formula is C23H17NO4. The monoisotopic (exact) mass is 371 g/mol. The first kappa shape index (κ1) is 17.7. The minimum Gasteiger partial charge on any atom is -0.457 e. The molecule has 1 aliphatic rings. The van der Waals surface area contributed by atoms with Crippen LogP contribution in [0.1, 0.15) is 42.2 Å². The largest absolute Gasteiger partial charge is 0.457 e. The van der Waals surface area contributed by atoms with Crippen molar-refractivity contribution in [1.82, 2.24) is 0 Å². The number of hydrogen-bond acceptors (Lipinski definition) is 4. The lowest BCUT2D eigenvalue weighted by Crippen LogP contribution is -2.29. The number of nitrogens with zero attached hydrogens (tertiary/aromatic N) is 1. The molecule has 0 bridgehead atoms. The average molecular weight is 371 g/mol. The zero-order valence-corrected chi connectivity index (χ0v) is 15.2. The minimum absolute atomic E-state index is 0.138. The van der Waals surface area contributed by atoms with Crippen LogP contribution < -0.4 is 4.90 Å². The number of carbonyl (C=O) groups is 3. The summed E-state index contributed by atoms with van der Waals surface area (Å²) in [6.07, 6.45) is 0. The van der Waals surface area contributed by atoms with Crippen LogP contribution in [-0.2, 0) is 11.3 Å². The van der Waals surface area contributed by atoms with E-state index < -0.39 is 17.8 Å². The molecule has 0 atom stereocenters. The Labute approximate surface area is 162 Å². The standard InChI is InChI=1S/C23H17NO4/c1-15-7-10-18(11-8-15)24-21(25)19-12-9-17(13-20(19)22(24)26)23(27)28-14-16-5-3-2-4-6-16/h2-13H,14H2,1H3. The van der Waals surface area contributed by atoms with E-state index in [0.717, 1.165) is 16.0 Å². The molecule has 5 heteroatoms. The Bertz CT molecular complexity index is 1070. The van der Waals surface area contributed by atoms with Gasteiger partial charge in [-0.2, -0.15) is 0 Å². The number of ether oxygens (including phenoxy) is 1. The second kappa shape index (κ2) is 7.12. The summed E-state index contributed by atoms with van der Waals surface area (Å²) in [4.78, 5) is 39.0. The summed E-state index contributed by atoms with van der Waals surface area (Å²) < 4.78 is 5.31. The summed E-state index contributed by atoms with van der Waals surface area (Å²) in [6, 6.07) is 20.9. The van der Waals surface area contributed by atoms with Gasteiger partial charge >= 0.3 is 5.97 Å². The van der Waals surface area contributed by atoms with Crippen LogP contribution >= 0.6 is 0 Å². The van der Waals surface area contributed by atoms with Crippen molar-refractivity contribution in [2.45, 2.75) is 13.5 Å². The number of anilines is 1. The molecule has 3 aromatic carbocycles. The van der Waals surface area contributed by atoms with Gasteiger partial charge in [0.1, 0.15) is 6.61 Å². The lowest BCUT2D eigenvalue weighted by Gasteiger charge is -2.13. The van der Waals surface area contributed by atoms with Crippen molar-refractivity contribution in [2.24, 2.45) is 0 Å². The maximum absolute atomic E-state index is 12.8. The van der Waals surface area contributed by atoms with E-state index in [2.05, 4.69) is 0 Å². The maximum atomic E-state index is 12.8. The Morgan fingerprint density at radius 1 is 0.857 bits per heavy atom. The highest BCUT2D eigenvalue weighted by Crippen LogP contribution is 2.29. The summed E-state index contributed by atoms with van der Waals surface area (Å²) >= 11 is 0. The molecule has 0 aliphatic carbocycles. The number of imide groups is 1. The number of fused-ring (bicyclic) bond motifs is 1. The van der Waals surface area contributed by atoms with E-state index in [0.29, 0.717) is 5.69 Å². The molecule has 138 valence electrons. The Morgan fingerprint density at radius 2 is 1.54 bits per heavy atom. The van der Waals surface area contributed by atoms with Gasteiger partial charge in [0.15, 0.2) is 0 Å². The molecule has 3 aromatic rings. The summed E-state index contributed by atoms with van der Waals surface area (Å²) in [5.74, 6) is -1.38. The van der Waals surface area contributed by atoms with Crippen molar-refractivity contribution in [3.05, 3.63) is 101 Å². The first-order valence-electron chi connectivity index (χ1n) is 8.85. The second-order valence-electron chi connectivity index (χ2n) is 6.60. The van der Waals surface area contributed by atoms with Gasteiger partial charge < -0.3 is 4.74 Å². The fraction of sp³-hybridized carbons (Fsp3) is 0.0870. The molecule has 5 nitrogen and oxygen atoms in total. The highest BCUT2D eigenvalue weighted by molar-refractivity contribution is 6.34. The summed E-state index contributed by atoms with van der Waals surface area (Å²) in [5, 5.41) is 0. The third-order valence-electron chi connectivity index (χ3n) is 4.63. The lowest BCUT2D eigenvalue weighted by atomic mass is 10.1. The quantitative estimate of drug-likeness (QED) is 0.510. The molecule has 0 saturated heterocycles. The summed E-state index contributed by atoms with van der Waals surface area (Å²) in [5.41, 5.74) is 3.13. The maximum Gasteiger partial charge on any atom is 0.338 e. The smallest absolute Gasteiger partial charge is 0.338 e. The van der Waals surface area contributed by atoms with Gasteiger partial charge in [-0.3, -0.25) is 9.59 Å². The number of aryl methyl sites for hydroxylation is 1.